The Labute approximate surface area is 165 Å². The number of carbonyl (C=O) groups excluding carboxylic acids is 1. The van der Waals surface area contributed by atoms with Gasteiger partial charge in [0.1, 0.15) is 0 Å². The van der Waals surface area contributed by atoms with Gasteiger partial charge in [0.25, 0.3) is 5.91 Å². The fraction of sp³-hybridized carbons (Fsp3) is 0.611. The molecule has 2 aliphatic rings. The molecule has 1 aromatic carbocycles. The van der Waals surface area contributed by atoms with Gasteiger partial charge in [-0.05, 0) is 32.0 Å². The first-order valence-electron chi connectivity index (χ1n) is 9.28. The molecule has 150 valence electrons. The van der Waals surface area contributed by atoms with Gasteiger partial charge in [0.2, 0.25) is 10.0 Å². The minimum atomic E-state index is -3.55. The molecule has 0 unspecified atom stereocenters. The number of rotatable bonds is 4. The van der Waals surface area contributed by atoms with Crippen LogP contribution in [0.5, 0.6) is 0 Å². The van der Waals surface area contributed by atoms with Crippen molar-refractivity contribution in [1.29, 1.82) is 0 Å². The van der Waals surface area contributed by atoms with Crippen LogP contribution in [0.1, 0.15) is 13.8 Å². The molecule has 27 heavy (non-hydrogen) atoms. The summed E-state index contributed by atoms with van der Waals surface area (Å²) in [6.45, 7) is 7.59. The first-order chi connectivity index (χ1) is 12.8. The highest BCUT2D eigenvalue weighted by Crippen LogP contribution is 2.19. The number of amides is 1. The van der Waals surface area contributed by atoms with Gasteiger partial charge < -0.3 is 14.5 Å². The molecule has 0 radical (unpaired) electrons. The molecule has 2 fully saturated rings. The van der Waals surface area contributed by atoms with E-state index in [1.165, 1.54) is 10.4 Å². The summed E-state index contributed by atoms with van der Waals surface area (Å²) in [6, 6.07) is 6.33. The van der Waals surface area contributed by atoms with E-state index in [4.69, 9.17) is 16.3 Å². The van der Waals surface area contributed by atoms with Gasteiger partial charge >= 0.3 is 0 Å². The third-order valence-electron chi connectivity index (χ3n) is 5.04. The molecule has 2 heterocycles. The second-order valence-corrected chi connectivity index (χ2v) is 9.72. The van der Waals surface area contributed by atoms with Crippen molar-refractivity contribution in [2.24, 2.45) is 0 Å². The monoisotopic (exact) mass is 416 g/mol. The molecule has 0 spiro atoms. The molecular formula is C18H27ClN3O4S+. The summed E-state index contributed by atoms with van der Waals surface area (Å²) in [5.41, 5.74) is 0. The van der Waals surface area contributed by atoms with Crippen LogP contribution in [0.4, 0.5) is 0 Å². The van der Waals surface area contributed by atoms with Gasteiger partial charge in [0.05, 0.1) is 43.3 Å². The quantitative estimate of drug-likeness (QED) is 0.742. The molecule has 0 aromatic heterocycles. The summed E-state index contributed by atoms with van der Waals surface area (Å²) in [5.74, 6) is 0.109. The molecule has 1 aromatic rings. The molecule has 7 nitrogen and oxygen atoms in total. The van der Waals surface area contributed by atoms with Crippen LogP contribution >= 0.6 is 11.6 Å². The number of morpholine rings is 1. The predicted molar refractivity (Wildman–Crippen MR) is 102 cm³/mol. The Morgan fingerprint density at radius 1 is 1.22 bits per heavy atom. The van der Waals surface area contributed by atoms with Crippen molar-refractivity contribution in [1.82, 2.24) is 9.21 Å². The summed E-state index contributed by atoms with van der Waals surface area (Å²) >= 11 is 5.93. The molecule has 2 saturated heterocycles. The fourth-order valence-corrected chi connectivity index (χ4v) is 5.45. The third kappa shape index (κ3) is 5.00. The maximum Gasteiger partial charge on any atom is 0.277 e. The molecule has 0 saturated carbocycles. The smallest absolute Gasteiger partial charge is 0.277 e. The average Bonchev–Trinajstić information content (AvgIpc) is 2.61. The number of halogens is 1. The van der Waals surface area contributed by atoms with Crippen molar-refractivity contribution in [2.45, 2.75) is 31.0 Å². The Bertz CT molecular complexity index is 771. The van der Waals surface area contributed by atoms with Crippen LogP contribution < -0.4 is 4.90 Å². The largest absolute Gasteiger partial charge is 0.372 e. The molecule has 3 rings (SSSR count). The van der Waals surface area contributed by atoms with Crippen LogP contribution in [0.15, 0.2) is 29.2 Å². The summed E-state index contributed by atoms with van der Waals surface area (Å²) < 4.78 is 32.7. The highest BCUT2D eigenvalue weighted by molar-refractivity contribution is 7.89. The van der Waals surface area contributed by atoms with Gasteiger partial charge in [-0.15, -0.1) is 0 Å². The summed E-state index contributed by atoms with van der Waals surface area (Å²) in [6.07, 6.45) is 0.0970. The zero-order valence-corrected chi connectivity index (χ0v) is 17.3. The maximum atomic E-state index is 12.8. The Kier molecular flexibility index (Phi) is 6.43. The average molecular weight is 417 g/mol. The minimum Gasteiger partial charge on any atom is -0.372 e. The van der Waals surface area contributed by atoms with Crippen molar-refractivity contribution >= 4 is 27.5 Å². The molecule has 0 aliphatic carbocycles. The second kappa shape index (κ2) is 8.45. The van der Waals surface area contributed by atoms with E-state index < -0.39 is 10.0 Å². The number of quaternary nitrogens is 1. The summed E-state index contributed by atoms with van der Waals surface area (Å²) in [7, 11) is -3.55. The molecular weight excluding hydrogens is 390 g/mol. The van der Waals surface area contributed by atoms with Crippen LogP contribution in [0.25, 0.3) is 0 Å². The number of hydrogen-bond donors (Lipinski definition) is 1. The van der Waals surface area contributed by atoms with E-state index in [0.29, 0.717) is 50.8 Å². The highest BCUT2D eigenvalue weighted by Gasteiger charge is 2.33. The Morgan fingerprint density at radius 2 is 1.85 bits per heavy atom. The van der Waals surface area contributed by atoms with Gasteiger partial charge in [0.15, 0.2) is 6.54 Å². The van der Waals surface area contributed by atoms with Crippen molar-refractivity contribution in [3.05, 3.63) is 29.3 Å². The van der Waals surface area contributed by atoms with E-state index in [2.05, 4.69) is 0 Å². The number of nitrogens with zero attached hydrogens (tertiary/aromatic N) is 2. The maximum absolute atomic E-state index is 12.8. The van der Waals surface area contributed by atoms with Gasteiger partial charge in [-0.2, -0.15) is 4.31 Å². The van der Waals surface area contributed by atoms with Crippen molar-refractivity contribution in [3.8, 4) is 0 Å². The number of ether oxygens (including phenoxy) is 1. The van der Waals surface area contributed by atoms with Crippen LogP contribution in [0.2, 0.25) is 5.02 Å². The van der Waals surface area contributed by atoms with Crippen LogP contribution in [0, 0.1) is 0 Å². The van der Waals surface area contributed by atoms with E-state index in [-0.39, 0.29) is 23.0 Å². The van der Waals surface area contributed by atoms with Gasteiger partial charge in [0, 0.05) is 18.1 Å². The lowest BCUT2D eigenvalue weighted by atomic mass is 10.2. The molecule has 0 bridgehead atoms. The lowest BCUT2D eigenvalue weighted by molar-refractivity contribution is -0.896. The molecule has 2 aliphatic heterocycles. The molecule has 1 N–H and O–H groups in total. The standard InChI is InChI=1S/C18H26ClN3O4S/c1-14-11-21(12-15(2)26-14)18(23)13-20-6-8-22(9-7-20)27(24,25)17-5-3-4-16(19)10-17/h3-5,10,14-15H,6-9,11-13H2,1-2H3/p+1/t14-,15-/m0/s1. The molecule has 2 atom stereocenters. The van der Waals surface area contributed by atoms with Crippen LogP contribution in [-0.2, 0) is 19.6 Å². The SMILES string of the molecule is C[C@H]1CN(C(=O)C[NH+]2CCN(S(=O)(=O)c3cccc(Cl)c3)CC2)C[C@H](C)O1. The fourth-order valence-electron chi connectivity index (χ4n) is 3.70. The Morgan fingerprint density at radius 3 is 2.44 bits per heavy atom. The van der Waals surface area contributed by atoms with Crippen molar-refractivity contribution in [2.75, 3.05) is 45.8 Å². The second-order valence-electron chi connectivity index (χ2n) is 7.34. The Hall–Kier alpha value is -1.19. The first-order valence-corrected chi connectivity index (χ1v) is 11.1. The number of carbonyl (C=O) groups is 1. The lowest BCUT2D eigenvalue weighted by Crippen LogP contribution is -3.15. The zero-order chi connectivity index (χ0) is 19.6. The van der Waals surface area contributed by atoms with Crippen LogP contribution in [0.3, 0.4) is 0 Å². The van der Waals surface area contributed by atoms with Crippen LogP contribution in [-0.4, -0.2) is 81.6 Å². The number of hydrogen-bond acceptors (Lipinski definition) is 4. The summed E-state index contributed by atoms with van der Waals surface area (Å²) in [4.78, 5) is 15.8. The number of nitrogens with one attached hydrogen (secondary N) is 1. The van der Waals surface area contributed by atoms with E-state index in [1.54, 1.807) is 18.2 Å². The van der Waals surface area contributed by atoms with Gasteiger partial charge in [-0.1, -0.05) is 17.7 Å². The predicted octanol–water partition coefficient (Wildman–Crippen LogP) is -0.135. The van der Waals surface area contributed by atoms with E-state index in [1.807, 2.05) is 18.7 Å². The van der Waals surface area contributed by atoms with Gasteiger partial charge in [-0.25, -0.2) is 8.42 Å². The van der Waals surface area contributed by atoms with Gasteiger partial charge in [-0.3, -0.25) is 4.79 Å². The van der Waals surface area contributed by atoms with Crippen molar-refractivity contribution < 1.29 is 22.8 Å². The Balaban J connectivity index is 1.55. The number of benzene rings is 1. The zero-order valence-electron chi connectivity index (χ0n) is 15.7. The number of piperazine rings is 1. The topological polar surface area (TPSA) is 71.4 Å². The van der Waals surface area contributed by atoms with Crippen molar-refractivity contribution in [3.63, 3.8) is 0 Å². The summed E-state index contributed by atoms with van der Waals surface area (Å²) in [5, 5.41) is 0.403. The third-order valence-corrected chi connectivity index (χ3v) is 7.17. The molecule has 1 amide bonds. The molecule has 9 heteroatoms. The first kappa shape index (κ1) is 20.5. The lowest BCUT2D eigenvalue weighted by Gasteiger charge is -2.37. The van der Waals surface area contributed by atoms with E-state index in [9.17, 15) is 13.2 Å². The highest BCUT2D eigenvalue weighted by atomic mass is 35.5. The number of sulfonamides is 1. The van der Waals surface area contributed by atoms with E-state index >= 15 is 0 Å². The van der Waals surface area contributed by atoms with E-state index in [0.717, 1.165) is 4.90 Å². The normalized spacial score (nSPS) is 25.5. The minimum absolute atomic E-state index is 0.0485.